The van der Waals surface area contributed by atoms with Crippen molar-refractivity contribution >= 4 is 34.8 Å². The number of nitrogens with zero attached hydrogens (tertiary/aromatic N) is 3. The molecule has 1 heterocycles. The Balaban J connectivity index is 1.75. The van der Waals surface area contributed by atoms with E-state index in [1.54, 1.807) is 30.0 Å². The van der Waals surface area contributed by atoms with E-state index in [-0.39, 0.29) is 5.82 Å². The Hall–Kier alpha value is -3.35. The van der Waals surface area contributed by atoms with E-state index in [0.29, 0.717) is 21.6 Å². The van der Waals surface area contributed by atoms with Gasteiger partial charge in [-0.25, -0.2) is 9.67 Å². The summed E-state index contributed by atoms with van der Waals surface area (Å²) in [5.41, 5.74) is 3.08. The molecule has 31 heavy (non-hydrogen) atoms. The predicted molar refractivity (Wildman–Crippen MR) is 122 cm³/mol. The van der Waals surface area contributed by atoms with Crippen LogP contribution >= 0.6 is 23.2 Å². The van der Waals surface area contributed by atoms with Gasteiger partial charge in [0.15, 0.2) is 5.82 Å². The standard InChI is InChI=1S/C23H18Cl2N4O2/c1-14-4-3-5-15(12-14)22-27-21(23(30)26-20-11-6-16(24)13-19(20)25)28-29(22)17-7-9-18(31-2)10-8-17/h3-13H,1-2H3,(H,26,30). The highest BCUT2D eigenvalue weighted by Crippen LogP contribution is 2.27. The lowest BCUT2D eigenvalue weighted by Crippen LogP contribution is -2.14. The molecule has 6 nitrogen and oxygen atoms in total. The van der Waals surface area contributed by atoms with Crippen molar-refractivity contribution in [3.8, 4) is 22.8 Å². The third-order valence-corrected chi connectivity index (χ3v) is 5.13. The molecule has 156 valence electrons. The van der Waals surface area contributed by atoms with Crippen LogP contribution in [0.3, 0.4) is 0 Å². The van der Waals surface area contributed by atoms with E-state index < -0.39 is 5.91 Å². The van der Waals surface area contributed by atoms with Crippen LogP contribution in [0.1, 0.15) is 16.2 Å². The number of methoxy groups -OCH3 is 1. The smallest absolute Gasteiger partial charge is 0.295 e. The number of hydrogen-bond acceptors (Lipinski definition) is 4. The van der Waals surface area contributed by atoms with Crippen LogP contribution in [0.4, 0.5) is 5.69 Å². The van der Waals surface area contributed by atoms with E-state index in [1.165, 1.54) is 0 Å². The zero-order valence-corrected chi connectivity index (χ0v) is 18.3. The number of amides is 1. The van der Waals surface area contributed by atoms with Crippen LogP contribution in [0, 0.1) is 6.92 Å². The molecule has 1 aromatic heterocycles. The monoisotopic (exact) mass is 452 g/mol. The van der Waals surface area contributed by atoms with Crippen LogP contribution in [0.15, 0.2) is 66.7 Å². The predicted octanol–water partition coefficient (Wildman–Crippen LogP) is 5.81. The van der Waals surface area contributed by atoms with Gasteiger partial charge in [-0.15, -0.1) is 5.10 Å². The second-order valence-corrected chi connectivity index (χ2v) is 7.66. The fourth-order valence-electron chi connectivity index (χ4n) is 3.05. The number of ether oxygens (including phenoxy) is 1. The Morgan fingerprint density at radius 1 is 1.03 bits per heavy atom. The van der Waals surface area contributed by atoms with E-state index in [1.807, 2.05) is 55.5 Å². The average molecular weight is 453 g/mol. The third-order valence-electron chi connectivity index (χ3n) is 4.58. The van der Waals surface area contributed by atoms with Gasteiger partial charge < -0.3 is 10.1 Å². The molecule has 8 heteroatoms. The summed E-state index contributed by atoms with van der Waals surface area (Å²) in [4.78, 5) is 17.4. The molecule has 3 aromatic carbocycles. The Morgan fingerprint density at radius 2 is 1.81 bits per heavy atom. The van der Waals surface area contributed by atoms with Crippen molar-refractivity contribution in [1.82, 2.24) is 14.8 Å². The van der Waals surface area contributed by atoms with E-state index in [4.69, 9.17) is 27.9 Å². The molecule has 1 amide bonds. The molecule has 0 saturated carbocycles. The molecule has 4 aromatic rings. The van der Waals surface area contributed by atoms with E-state index in [2.05, 4.69) is 15.4 Å². The fraction of sp³-hybridized carbons (Fsp3) is 0.0870. The summed E-state index contributed by atoms with van der Waals surface area (Å²) in [5.74, 6) is 0.793. The Labute approximate surface area is 189 Å². The molecular weight excluding hydrogens is 435 g/mol. The summed E-state index contributed by atoms with van der Waals surface area (Å²) >= 11 is 12.1. The van der Waals surface area contributed by atoms with Crippen LogP contribution in [0.25, 0.3) is 17.1 Å². The largest absolute Gasteiger partial charge is 0.497 e. The van der Waals surface area contributed by atoms with E-state index in [9.17, 15) is 4.79 Å². The van der Waals surface area contributed by atoms with E-state index in [0.717, 1.165) is 22.6 Å². The molecule has 0 unspecified atom stereocenters. The normalized spacial score (nSPS) is 10.7. The summed E-state index contributed by atoms with van der Waals surface area (Å²) in [6.45, 7) is 1.99. The summed E-state index contributed by atoms with van der Waals surface area (Å²) in [5, 5.41) is 8.01. The first-order valence-corrected chi connectivity index (χ1v) is 10.1. The lowest BCUT2D eigenvalue weighted by molar-refractivity contribution is 0.101. The molecule has 0 saturated heterocycles. The highest BCUT2D eigenvalue weighted by molar-refractivity contribution is 6.36. The highest BCUT2D eigenvalue weighted by atomic mass is 35.5. The second-order valence-electron chi connectivity index (χ2n) is 6.82. The van der Waals surface area contributed by atoms with Gasteiger partial charge in [0.05, 0.1) is 23.5 Å². The molecule has 0 spiro atoms. The van der Waals surface area contributed by atoms with Crippen LogP contribution in [-0.4, -0.2) is 27.8 Å². The molecule has 0 aliphatic carbocycles. The first-order valence-electron chi connectivity index (χ1n) is 9.39. The Bertz CT molecular complexity index is 1250. The molecule has 0 fully saturated rings. The van der Waals surface area contributed by atoms with Crippen LogP contribution < -0.4 is 10.1 Å². The number of nitrogens with one attached hydrogen (secondary N) is 1. The SMILES string of the molecule is COc1ccc(-n2nc(C(=O)Nc3ccc(Cl)cc3Cl)nc2-c2cccc(C)c2)cc1. The molecule has 4 rings (SSSR count). The average Bonchev–Trinajstić information content (AvgIpc) is 3.21. The van der Waals surface area contributed by atoms with Gasteiger partial charge in [0.25, 0.3) is 5.91 Å². The number of anilines is 1. The lowest BCUT2D eigenvalue weighted by Gasteiger charge is -2.07. The fourth-order valence-corrected chi connectivity index (χ4v) is 3.51. The van der Waals surface area contributed by atoms with Gasteiger partial charge in [-0.05, 0) is 55.5 Å². The van der Waals surface area contributed by atoms with Crippen molar-refractivity contribution in [2.75, 3.05) is 12.4 Å². The minimum absolute atomic E-state index is 0.0124. The number of rotatable bonds is 5. The van der Waals surface area contributed by atoms with Crippen molar-refractivity contribution in [2.24, 2.45) is 0 Å². The summed E-state index contributed by atoms with van der Waals surface area (Å²) < 4.78 is 6.87. The topological polar surface area (TPSA) is 69.0 Å². The summed E-state index contributed by atoms with van der Waals surface area (Å²) in [7, 11) is 1.60. The minimum Gasteiger partial charge on any atom is -0.497 e. The number of carbonyl (C=O) groups excluding carboxylic acids is 1. The molecule has 0 aliphatic heterocycles. The zero-order chi connectivity index (χ0) is 22.0. The second kappa shape index (κ2) is 8.79. The van der Waals surface area contributed by atoms with Gasteiger partial charge in [-0.3, -0.25) is 4.79 Å². The quantitative estimate of drug-likeness (QED) is 0.414. The summed E-state index contributed by atoms with van der Waals surface area (Å²) in [6, 6.07) is 20.0. The number of aryl methyl sites for hydroxylation is 1. The molecule has 0 bridgehead atoms. The van der Waals surface area contributed by atoms with Gasteiger partial charge in [0, 0.05) is 10.6 Å². The molecule has 0 radical (unpaired) electrons. The van der Waals surface area contributed by atoms with Gasteiger partial charge >= 0.3 is 0 Å². The number of aromatic nitrogens is 3. The van der Waals surface area contributed by atoms with Gasteiger partial charge in [0.2, 0.25) is 5.82 Å². The molecular formula is C23H18Cl2N4O2. The lowest BCUT2D eigenvalue weighted by atomic mass is 10.1. The highest BCUT2D eigenvalue weighted by Gasteiger charge is 2.20. The van der Waals surface area contributed by atoms with E-state index >= 15 is 0 Å². The number of benzene rings is 3. The maximum atomic E-state index is 12.9. The van der Waals surface area contributed by atoms with Crippen molar-refractivity contribution in [3.63, 3.8) is 0 Å². The maximum absolute atomic E-state index is 12.9. The first kappa shape index (κ1) is 20.9. The van der Waals surface area contributed by atoms with Gasteiger partial charge in [-0.1, -0.05) is 47.0 Å². The van der Waals surface area contributed by atoms with Crippen molar-refractivity contribution in [3.05, 3.63) is 88.2 Å². The van der Waals surface area contributed by atoms with Crippen LogP contribution in [0.2, 0.25) is 10.0 Å². The third kappa shape index (κ3) is 4.55. The first-order chi connectivity index (χ1) is 14.9. The van der Waals surface area contributed by atoms with Crippen LogP contribution in [-0.2, 0) is 0 Å². The Morgan fingerprint density at radius 3 is 2.48 bits per heavy atom. The van der Waals surface area contributed by atoms with Crippen molar-refractivity contribution in [1.29, 1.82) is 0 Å². The number of hydrogen-bond donors (Lipinski definition) is 1. The van der Waals surface area contributed by atoms with Gasteiger partial charge in [0.1, 0.15) is 5.75 Å². The number of carbonyl (C=O) groups is 1. The van der Waals surface area contributed by atoms with Crippen molar-refractivity contribution < 1.29 is 9.53 Å². The minimum atomic E-state index is -0.481. The molecule has 0 atom stereocenters. The van der Waals surface area contributed by atoms with Gasteiger partial charge in [-0.2, -0.15) is 0 Å². The maximum Gasteiger partial charge on any atom is 0.295 e. The molecule has 1 N–H and O–H groups in total. The van der Waals surface area contributed by atoms with Crippen molar-refractivity contribution in [2.45, 2.75) is 6.92 Å². The van der Waals surface area contributed by atoms with Crippen LogP contribution in [0.5, 0.6) is 5.75 Å². The number of halogens is 2. The zero-order valence-electron chi connectivity index (χ0n) is 16.8. The Kier molecular flexibility index (Phi) is 5.93. The summed E-state index contributed by atoms with van der Waals surface area (Å²) in [6.07, 6.45) is 0. The molecule has 0 aliphatic rings.